The van der Waals surface area contributed by atoms with E-state index in [4.69, 9.17) is 4.74 Å². The molecule has 0 aliphatic rings. The van der Waals surface area contributed by atoms with Crippen molar-refractivity contribution in [3.63, 3.8) is 0 Å². The molecule has 0 aliphatic carbocycles. The van der Waals surface area contributed by atoms with E-state index in [-0.39, 0.29) is 17.3 Å². The van der Waals surface area contributed by atoms with Crippen molar-refractivity contribution in [1.29, 1.82) is 0 Å². The van der Waals surface area contributed by atoms with Crippen molar-refractivity contribution in [2.45, 2.75) is 69.3 Å². The van der Waals surface area contributed by atoms with Crippen LogP contribution in [0, 0.1) is 6.92 Å². The van der Waals surface area contributed by atoms with Crippen molar-refractivity contribution >= 4 is 39.3 Å². The Bertz CT molecular complexity index is 1430. The minimum absolute atomic E-state index is 0.0708. The first kappa shape index (κ1) is 34.0. The van der Waals surface area contributed by atoms with Crippen molar-refractivity contribution in [3.8, 4) is 5.75 Å². The van der Waals surface area contributed by atoms with Gasteiger partial charge in [-0.25, -0.2) is 8.42 Å². The zero-order chi connectivity index (χ0) is 31.4. The van der Waals surface area contributed by atoms with Crippen LogP contribution in [-0.4, -0.2) is 57.1 Å². The molecule has 0 aromatic heterocycles. The molecule has 232 valence electrons. The topological polar surface area (TPSA) is 96.0 Å². The van der Waals surface area contributed by atoms with Crippen molar-refractivity contribution in [3.05, 3.63) is 83.9 Å². The number of unbranched alkanes of at least 4 members (excludes halogenated alkanes) is 1. The molecule has 10 heteroatoms. The average molecular weight is 626 g/mol. The fourth-order valence-corrected chi connectivity index (χ4v) is 6.42. The Morgan fingerprint density at radius 1 is 0.930 bits per heavy atom. The molecule has 0 bridgehead atoms. The molecule has 0 radical (unpaired) electrons. The zero-order valence-electron chi connectivity index (χ0n) is 25.7. The second-order valence-electron chi connectivity index (χ2n) is 10.2. The van der Waals surface area contributed by atoms with Gasteiger partial charge in [0.05, 0.1) is 17.2 Å². The summed E-state index contributed by atoms with van der Waals surface area (Å²) in [5.74, 6) is -0.133. The van der Waals surface area contributed by atoms with Crippen LogP contribution in [0.3, 0.4) is 0 Å². The number of nitrogens with one attached hydrogen (secondary N) is 1. The Kier molecular flexibility index (Phi) is 12.9. The van der Waals surface area contributed by atoms with Gasteiger partial charge in [0, 0.05) is 18.0 Å². The normalized spacial score (nSPS) is 11.9. The van der Waals surface area contributed by atoms with E-state index in [1.54, 1.807) is 48.5 Å². The van der Waals surface area contributed by atoms with Crippen LogP contribution in [0.2, 0.25) is 0 Å². The predicted octanol–water partition coefficient (Wildman–Crippen LogP) is 6.03. The number of anilines is 1. The van der Waals surface area contributed by atoms with E-state index in [9.17, 15) is 18.0 Å². The van der Waals surface area contributed by atoms with Gasteiger partial charge in [0.25, 0.3) is 10.0 Å². The lowest BCUT2D eigenvalue weighted by molar-refractivity contribution is -0.140. The van der Waals surface area contributed by atoms with Gasteiger partial charge in [0.1, 0.15) is 18.3 Å². The summed E-state index contributed by atoms with van der Waals surface area (Å²) in [6.07, 6.45) is 4.05. The molecule has 0 saturated carbocycles. The third-order valence-corrected chi connectivity index (χ3v) is 9.58. The number of amides is 2. The summed E-state index contributed by atoms with van der Waals surface area (Å²) >= 11 is 1.51. The lowest BCUT2D eigenvalue weighted by Crippen LogP contribution is -2.52. The molecule has 3 rings (SSSR count). The van der Waals surface area contributed by atoms with Crippen LogP contribution >= 0.6 is 11.8 Å². The lowest BCUT2D eigenvalue weighted by atomic mass is 10.1. The first-order valence-corrected chi connectivity index (χ1v) is 17.3. The van der Waals surface area contributed by atoms with Gasteiger partial charge in [-0.15, -0.1) is 11.8 Å². The van der Waals surface area contributed by atoms with Gasteiger partial charge in [-0.1, -0.05) is 50.1 Å². The van der Waals surface area contributed by atoms with E-state index < -0.39 is 28.5 Å². The molecule has 2 amide bonds. The molecule has 0 saturated heterocycles. The van der Waals surface area contributed by atoms with E-state index in [2.05, 4.69) is 5.32 Å². The van der Waals surface area contributed by atoms with E-state index in [1.165, 1.54) is 16.7 Å². The minimum atomic E-state index is -4.15. The number of ether oxygens (including phenoxy) is 1. The first-order chi connectivity index (χ1) is 20.6. The monoisotopic (exact) mass is 625 g/mol. The van der Waals surface area contributed by atoms with Gasteiger partial charge in [0.15, 0.2) is 0 Å². The summed E-state index contributed by atoms with van der Waals surface area (Å²) < 4.78 is 34.8. The van der Waals surface area contributed by atoms with Gasteiger partial charge in [0.2, 0.25) is 11.8 Å². The lowest BCUT2D eigenvalue weighted by Gasteiger charge is -2.33. The molecule has 1 unspecified atom stereocenters. The smallest absolute Gasteiger partial charge is 0.264 e. The number of aryl methyl sites for hydroxylation is 1. The van der Waals surface area contributed by atoms with E-state index in [0.717, 1.165) is 33.2 Å². The highest BCUT2D eigenvalue weighted by Gasteiger charge is 2.33. The highest BCUT2D eigenvalue weighted by Crippen LogP contribution is 2.28. The molecule has 0 aliphatic heterocycles. The van der Waals surface area contributed by atoms with Gasteiger partial charge in [-0.3, -0.25) is 13.9 Å². The number of hydrogen-bond acceptors (Lipinski definition) is 6. The maximum atomic E-state index is 14.2. The summed E-state index contributed by atoms with van der Waals surface area (Å²) in [7, 11) is -4.15. The van der Waals surface area contributed by atoms with Crippen LogP contribution in [-0.2, 0) is 26.2 Å². The van der Waals surface area contributed by atoms with Crippen LogP contribution in [0.25, 0.3) is 0 Å². The van der Waals surface area contributed by atoms with Crippen LogP contribution in [0.5, 0.6) is 5.75 Å². The molecule has 0 fully saturated rings. The standard InChI is InChI=1S/C33H43N3O5S2/c1-6-9-22-34-33(38)31(7-2)35(23-26-12-10-25(4)11-13-26)32(37)24-36(27-14-16-28(17-15-27)41-8-3)43(39,40)30-20-18-29(42-5)19-21-30/h10-21,31H,6-9,22-24H2,1-5H3,(H,34,38). The van der Waals surface area contributed by atoms with Crippen LogP contribution in [0.4, 0.5) is 5.69 Å². The maximum absolute atomic E-state index is 14.2. The van der Waals surface area contributed by atoms with Gasteiger partial charge < -0.3 is 15.0 Å². The highest BCUT2D eigenvalue weighted by atomic mass is 32.2. The fraction of sp³-hybridized carbons (Fsp3) is 0.394. The first-order valence-electron chi connectivity index (χ1n) is 14.7. The van der Waals surface area contributed by atoms with Crippen LogP contribution in [0.1, 0.15) is 51.2 Å². The summed E-state index contributed by atoms with van der Waals surface area (Å²) in [5, 5.41) is 2.95. The number of sulfonamides is 1. The number of hydrogen-bond donors (Lipinski definition) is 1. The van der Waals surface area contributed by atoms with Crippen molar-refractivity contribution in [1.82, 2.24) is 10.2 Å². The van der Waals surface area contributed by atoms with Crippen LogP contribution in [0.15, 0.2) is 82.6 Å². The zero-order valence-corrected chi connectivity index (χ0v) is 27.3. The molecule has 8 nitrogen and oxygen atoms in total. The molecule has 3 aromatic carbocycles. The molecule has 1 N–H and O–H groups in total. The third-order valence-electron chi connectivity index (χ3n) is 7.05. The third kappa shape index (κ3) is 9.24. The number of thioether (sulfide) groups is 1. The number of rotatable bonds is 16. The molecule has 0 heterocycles. The quantitative estimate of drug-likeness (QED) is 0.154. The Labute approximate surface area is 260 Å². The Balaban J connectivity index is 2.04. The van der Waals surface area contributed by atoms with E-state index in [0.29, 0.717) is 31.0 Å². The Hall–Kier alpha value is -3.50. The van der Waals surface area contributed by atoms with Gasteiger partial charge in [-0.05, 0) is 87.0 Å². The fourth-order valence-electron chi connectivity index (χ4n) is 4.59. The highest BCUT2D eigenvalue weighted by molar-refractivity contribution is 7.98. The minimum Gasteiger partial charge on any atom is -0.494 e. The number of nitrogens with zero attached hydrogens (tertiary/aromatic N) is 2. The van der Waals surface area contributed by atoms with E-state index >= 15 is 0 Å². The summed E-state index contributed by atoms with van der Waals surface area (Å²) in [6, 6.07) is 20.2. The molecular weight excluding hydrogens is 583 g/mol. The summed E-state index contributed by atoms with van der Waals surface area (Å²) in [4.78, 5) is 30.0. The average Bonchev–Trinajstić information content (AvgIpc) is 3.01. The predicted molar refractivity (Wildman–Crippen MR) is 174 cm³/mol. The molecule has 0 spiro atoms. The number of carbonyl (C=O) groups is 2. The largest absolute Gasteiger partial charge is 0.494 e. The van der Waals surface area contributed by atoms with Gasteiger partial charge >= 0.3 is 0 Å². The van der Waals surface area contributed by atoms with Crippen LogP contribution < -0.4 is 14.4 Å². The maximum Gasteiger partial charge on any atom is 0.264 e. The number of benzene rings is 3. The SMILES string of the molecule is CCCCNC(=O)C(CC)N(Cc1ccc(C)cc1)C(=O)CN(c1ccc(OCC)cc1)S(=O)(=O)c1ccc(SC)cc1. The Morgan fingerprint density at radius 2 is 1.58 bits per heavy atom. The number of carbonyl (C=O) groups excluding carboxylic acids is 2. The molecule has 3 aromatic rings. The molecule has 43 heavy (non-hydrogen) atoms. The summed E-state index contributed by atoms with van der Waals surface area (Å²) in [6.45, 7) is 8.41. The molecule has 1 atom stereocenters. The second-order valence-corrected chi connectivity index (χ2v) is 12.9. The molecular formula is C33H43N3O5S2. The summed E-state index contributed by atoms with van der Waals surface area (Å²) in [5.41, 5.74) is 2.25. The van der Waals surface area contributed by atoms with E-state index in [1.807, 2.05) is 58.2 Å². The Morgan fingerprint density at radius 3 is 2.14 bits per heavy atom. The second kappa shape index (κ2) is 16.4. The van der Waals surface area contributed by atoms with Crippen molar-refractivity contribution in [2.75, 3.05) is 30.3 Å². The van der Waals surface area contributed by atoms with Crippen molar-refractivity contribution in [2.24, 2.45) is 0 Å². The van der Waals surface area contributed by atoms with Crippen molar-refractivity contribution < 1.29 is 22.7 Å². The van der Waals surface area contributed by atoms with Gasteiger partial charge in [-0.2, -0.15) is 0 Å².